The van der Waals surface area contributed by atoms with Crippen LogP contribution in [0.25, 0.3) is 0 Å². The lowest BCUT2D eigenvalue weighted by Gasteiger charge is -2.36. The molecule has 0 spiro atoms. The molecule has 15 nitrogen and oxygen atoms in total. The summed E-state index contributed by atoms with van der Waals surface area (Å²) < 4.78 is 21.6. The van der Waals surface area contributed by atoms with Crippen LogP contribution in [0.2, 0.25) is 0 Å². The number of nitrogens with one attached hydrogen (secondary N) is 1. The molecule has 0 aliphatic carbocycles. The standard InChI is InChI=1S/C27H33N3O6.C4H6O6/c1-33-23-12-18-7-11-30(16-20(18)13-24(23)34-2)27(32)19-4-3-9-29(15-19)10-8-26(31)28-21-5-6-22-25(14-21)36-17-35-22;5-1(3(7)8)2(6)4(9)10/h5-6,12-14,19H,3-4,7-11,15-17H2,1-2H3,(H,28,31);1-2,5-6H,(H,7,8)(H,9,10)/t19-;1-,2-/m11/s1. The van der Waals surface area contributed by atoms with E-state index in [4.69, 9.17) is 39.4 Å². The summed E-state index contributed by atoms with van der Waals surface area (Å²) in [6.45, 7) is 3.71. The van der Waals surface area contributed by atoms with Crippen molar-refractivity contribution in [2.75, 3.05) is 52.5 Å². The van der Waals surface area contributed by atoms with Crippen LogP contribution in [0.4, 0.5) is 5.69 Å². The average molecular weight is 646 g/mol. The number of methoxy groups -OCH3 is 2. The first-order valence-corrected chi connectivity index (χ1v) is 14.8. The van der Waals surface area contributed by atoms with E-state index >= 15 is 0 Å². The minimum atomic E-state index is -2.27. The predicted molar refractivity (Wildman–Crippen MR) is 161 cm³/mol. The molecule has 15 heteroatoms. The van der Waals surface area contributed by atoms with Crippen LogP contribution in [0.5, 0.6) is 23.0 Å². The Balaban J connectivity index is 0.000000416. The minimum Gasteiger partial charge on any atom is -0.493 e. The van der Waals surface area contributed by atoms with E-state index in [1.54, 1.807) is 26.4 Å². The molecule has 5 N–H and O–H groups in total. The number of amides is 2. The summed E-state index contributed by atoms with van der Waals surface area (Å²) in [6, 6.07) is 9.39. The van der Waals surface area contributed by atoms with Crippen LogP contribution < -0.4 is 24.3 Å². The number of rotatable bonds is 10. The molecule has 5 rings (SSSR count). The summed E-state index contributed by atoms with van der Waals surface area (Å²) in [4.78, 5) is 49.7. The average Bonchev–Trinajstić information content (AvgIpc) is 3.53. The van der Waals surface area contributed by atoms with Gasteiger partial charge in [0.25, 0.3) is 0 Å². The number of carbonyl (C=O) groups is 4. The lowest BCUT2D eigenvalue weighted by Crippen LogP contribution is -2.46. The first kappa shape index (κ1) is 34.3. The second kappa shape index (κ2) is 15.6. The van der Waals surface area contributed by atoms with Crippen molar-refractivity contribution in [3.8, 4) is 23.0 Å². The highest BCUT2D eigenvalue weighted by Crippen LogP contribution is 2.35. The molecule has 2 amide bonds. The van der Waals surface area contributed by atoms with E-state index in [-0.39, 0.29) is 24.5 Å². The van der Waals surface area contributed by atoms with Gasteiger partial charge in [0.05, 0.1) is 20.1 Å². The van der Waals surface area contributed by atoms with Crippen LogP contribution in [-0.2, 0) is 32.1 Å². The zero-order chi connectivity index (χ0) is 33.4. The van der Waals surface area contributed by atoms with E-state index in [2.05, 4.69) is 10.2 Å². The number of carboxylic acid groups (broad SMARTS) is 2. The lowest BCUT2D eigenvalue weighted by atomic mass is 9.93. The molecule has 0 bridgehead atoms. The quantitative estimate of drug-likeness (QED) is 0.244. The van der Waals surface area contributed by atoms with Gasteiger partial charge in [-0.2, -0.15) is 0 Å². The number of benzene rings is 2. The van der Waals surface area contributed by atoms with Gasteiger partial charge >= 0.3 is 11.9 Å². The Morgan fingerprint density at radius 3 is 2.24 bits per heavy atom. The number of aliphatic hydroxyl groups excluding tert-OH is 2. The summed E-state index contributed by atoms with van der Waals surface area (Å²) in [5.74, 6) is -0.697. The van der Waals surface area contributed by atoms with Crippen molar-refractivity contribution in [3.05, 3.63) is 41.5 Å². The van der Waals surface area contributed by atoms with Crippen LogP contribution >= 0.6 is 0 Å². The van der Waals surface area contributed by atoms with Crippen molar-refractivity contribution in [1.82, 2.24) is 9.80 Å². The van der Waals surface area contributed by atoms with Crippen LogP contribution in [0.15, 0.2) is 30.3 Å². The fraction of sp³-hybridized carbons (Fsp3) is 0.484. The van der Waals surface area contributed by atoms with Gasteiger partial charge in [-0.15, -0.1) is 0 Å². The molecule has 0 saturated carbocycles. The third kappa shape index (κ3) is 8.56. The Labute approximate surface area is 265 Å². The number of hydrogen-bond acceptors (Lipinski definition) is 11. The second-order valence-electron chi connectivity index (χ2n) is 11.1. The van der Waals surface area contributed by atoms with Gasteiger partial charge in [0.1, 0.15) is 0 Å². The number of fused-ring (bicyclic) bond motifs is 2. The molecular formula is C31H39N3O12. The number of aliphatic hydroxyl groups is 2. The number of piperidine rings is 1. The van der Waals surface area contributed by atoms with Crippen LogP contribution in [-0.4, -0.2) is 113 Å². The number of likely N-dealkylation sites (tertiary alicyclic amines) is 1. The van der Waals surface area contributed by atoms with E-state index < -0.39 is 24.1 Å². The minimum absolute atomic E-state index is 0.0441. The molecule has 3 aliphatic heterocycles. The third-order valence-corrected chi connectivity index (χ3v) is 8.00. The maximum absolute atomic E-state index is 13.4. The van der Waals surface area contributed by atoms with Gasteiger partial charge < -0.3 is 54.5 Å². The number of ether oxygens (including phenoxy) is 4. The van der Waals surface area contributed by atoms with Crippen LogP contribution in [0, 0.1) is 5.92 Å². The molecule has 46 heavy (non-hydrogen) atoms. The number of carboxylic acids is 2. The molecule has 0 unspecified atom stereocenters. The summed E-state index contributed by atoms with van der Waals surface area (Å²) in [6.07, 6.45) is -1.52. The normalized spacial score (nSPS) is 18.3. The van der Waals surface area contributed by atoms with Crippen molar-refractivity contribution in [2.45, 2.75) is 44.4 Å². The number of carbonyl (C=O) groups excluding carboxylic acids is 2. The van der Waals surface area contributed by atoms with Crippen molar-refractivity contribution >= 4 is 29.4 Å². The molecule has 2 aromatic rings. The number of aliphatic carboxylic acids is 2. The first-order valence-electron chi connectivity index (χ1n) is 14.8. The highest BCUT2D eigenvalue weighted by Gasteiger charge is 2.32. The number of nitrogens with zero attached hydrogens (tertiary/aromatic N) is 2. The van der Waals surface area contributed by atoms with Crippen molar-refractivity contribution in [1.29, 1.82) is 0 Å². The number of hydrogen-bond donors (Lipinski definition) is 5. The predicted octanol–water partition coefficient (Wildman–Crippen LogP) is 0.935. The van der Waals surface area contributed by atoms with Gasteiger partial charge in [0, 0.05) is 44.4 Å². The van der Waals surface area contributed by atoms with E-state index in [1.807, 2.05) is 23.1 Å². The zero-order valence-corrected chi connectivity index (χ0v) is 25.6. The van der Waals surface area contributed by atoms with Crippen molar-refractivity contribution in [3.63, 3.8) is 0 Å². The van der Waals surface area contributed by atoms with Crippen molar-refractivity contribution < 1.29 is 58.6 Å². The second-order valence-corrected chi connectivity index (χ2v) is 11.1. The molecule has 0 radical (unpaired) electrons. The Bertz CT molecular complexity index is 1420. The zero-order valence-electron chi connectivity index (χ0n) is 25.6. The molecule has 1 saturated heterocycles. The fourth-order valence-corrected chi connectivity index (χ4v) is 5.52. The van der Waals surface area contributed by atoms with Crippen LogP contribution in [0.3, 0.4) is 0 Å². The monoisotopic (exact) mass is 645 g/mol. The Morgan fingerprint density at radius 2 is 1.59 bits per heavy atom. The highest BCUT2D eigenvalue weighted by atomic mass is 16.7. The van der Waals surface area contributed by atoms with Gasteiger partial charge in [0.2, 0.25) is 18.6 Å². The first-order chi connectivity index (χ1) is 22.0. The fourth-order valence-electron chi connectivity index (χ4n) is 5.52. The lowest BCUT2D eigenvalue weighted by molar-refractivity contribution is -0.165. The van der Waals surface area contributed by atoms with E-state index in [1.165, 1.54) is 5.56 Å². The summed E-state index contributed by atoms with van der Waals surface area (Å²) >= 11 is 0. The Hall–Kier alpha value is -4.60. The van der Waals surface area contributed by atoms with Crippen LogP contribution in [0.1, 0.15) is 30.4 Å². The Morgan fingerprint density at radius 1 is 0.935 bits per heavy atom. The summed E-state index contributed by atoms with van der Waals surface area (Å²) in [7, 11) is 3.26. The molecule has 250 valence electrons. The molecule has 0 aromatic heterocycles. The van der Waals surface area contributed by atoms with Crippen molar-refractivity contribution in [2.24, 2.45) is 5.92 Å². The smallest absolute Gasteiger partial charge is 0.335 e. The van der Waals surface area contributed by atoms with E-state index in [0.29, 0.717) is 55.5 Å². The Kier molecular flexibility index (Phi) is 11.6. The van der Waals surface area contributed by atoms with Gasteiger partial charge in [-0.05, 0) is 61.2 Å². The largest absolute Gasteiger partial charge is 0.493 e. The maximum atomic E-state index is 13.4. The van der Waals surface area contributed by atoms with E-state index in [9.17, 15) is 19.2 Å². The topological polar surface area (TPSA) is 205 Å². The SMILES string of the molecule is COc1cc2c(cc1OC)CN(C(=O)[C@@H]1CCCN(CCC(=O)Nc3ccc4c(c3)OCO4)C1)CC2.O=C(O)[C@H](O)[C@@H](O)C(=O)O. The molecular weight excluding hydrogens is 606 g/mol. The van der Waals surface area contributed by atoms with Gasteiger partial charge in [-0.25, -0.2) is 9.59 Å². The summed E-state index contributed by atoms with van der Waals surface area (Å²) in [5, 5.41) is 35.5. The third-order valence-electron chi connectivity index (χ3n) is 8.00. The van der Waals surface area contributed by atoms with E-state index in [0.717, 1.165) is 37.1 Å². The summed E-state index contributed by atoms with van der Waals surface area (Å²) in [5.41, 5.74) is 3.01. The van der Waals surface area contributed by atoms with Gasteiger partial charge in [0.15, 0.2) is 35.2 Å². The molecule has 1 fully saturated rings. The van der Waals surface area contributed by atoms with Gasteiger partial charge in [-0.3, -0.25) is 9.59 Å². The molecule has 2 aromatic carbocycles. The molecule has 3 heterocycles. The van der Waals surface area contributed by atoms with Gasteiger partial charge in [-0.1, -0.05) is 0 Å². The molecule has 3 atom stereocenters. The molecule has 3 aliphatic rings. The highest BCUT2D eigenvalue weighted by molar-refractivity contribution is 5.91. The number of anilines is 1. The maximum Gasteiger partial charge on any atom is 0.335 e.